The molecule has 2 saturated heterocycles. The van der Waals surface area contributed by atoms with E-state index in [1.165, 1.54) is 11.1 Å². The second-order valence-electron chi connectivity index (χ2n) is 13.6. The number of fused-ring (bicyclic) bond motifs is 4. The van der Waals surface area contributed by atoms with E-state index in [2.05, 4.69) is 17.5 Å². The number of allylic oxidation sites excluding steroid dienone is 2. The Morgan fingerprint density at radius 1 is 0.722 bits per heavy atom. The zero-order valence-corrected chi connectivity index (χ0v) is 31.4. The van der Waals surface area contributed by atoms with Crippen LogP contribution in [0.15, 0.2) is 69.7 Å². The summed E-state index contributed by atoms with van der Waals surface area (Å²) in [6, 6.07) is 10.4. The molecule has 0 bridgehead atoms. The molecule has 54 heavy (non-hydrogen) atoms. The van der Waals surface area contributed by atoms with Crippen molar-refractivity contribution in [1.82, 2.24) is 20.1 Å². The normalized spacial score (nSPS) is 20.0. The molecule has 13 heteroatoms. The van der Waals surface area contributed by atoms with Crippen molar-refractivity contribution in [2.24, 2.45) is 9.98 Å². The lowest BCUT2D eigenvalue weighted by Gasteiger charge is -2.20. The molecule has 13 nitrogen and oxygen atoms in total. The molecule has 1 aromatic heterocycles. The van der Waals surface area contributed by atoms with Gasteiger partial charge in [-0.2, -0.15) is 0 Å². The number of hydrogen-bond acceptors (Lipinski definition) is 11. The van der Waals surface area contributed by atoms with Crippen molar-refractivity contribution in [3.05, 3.63) is 82.2 Å². The molecule has 2 fully saturated rings. The van der Waals surface area contributed by atoms with E-state index in [1.54, 1.807) is 38.5 Å². The number of carbonyl (C=O) groups excluding carboxylic acids is 2. The van der Waals surface area contributed by atoms with Gasteiger partial charge in [0.2, 0.25) is 0 Å². The summed E-state index contributed by atoms with van der Waals surface area (Å²) < 4.78 is 30.1. The van der Waals surface area contributed by atoms with Crippen LogP contribution in [0, 0.1) is 0 Å². The van der Waals surface area contributed by atoms with E-state index >= 15 is 0 Å². The fourth-order valence-electron chi connectivity index (χ4n) is 7.12. The fraction of sp³-hybridized carbons (Fsp3) is 0.390. The van der Waals surface area contributed by atoms with Crippen LogP contribution in [0.2, 0.25) is 0 Å². The number of nitrogens with zero attached hydrogens (tertiary/aromatic N) is 5. The summed E-state index contributed by atoms with van der Waals surface area (Å²) in [5.41, 5.74) is 5.62. The summed E-state index contributed by atoms with van der Waals surface area (Å²) in [6.07, 6.45) is 10.2. The molecule has 0 unspecified atom stereocenters. The van der Waals surface area contributed by atoms with Gasteiger partial charge < -0.3 is 38.8 Å². The first-order chi connectivity index (χ1) is 26.3. The standard InChI is InChI=1S/C41H46N6O7/c1-6-25-11-29-19-43-34-17-38(36(50-4)15-32(34)40(48)46(29)21-25)53-23-27-13-31(52-10-8-9-42-3)14-28(45-27)24-54-39-18-35-33(16-37(39)51-5)41(49)47-22-26(7-2)12-30(47)20-44-35/h6-7,13-20,29-30,42H,8-12,21-24H2,1-5H3/b25-6+,26-7+/t29-,30-/m0/s1. The minimum Gasteiger partial charge on any atom is -0.493 e. The van der Waals surface area contributed by atoms with Gasteiger partial charge in [-0.25, -0.2) is 0 Å². The van der Waals surface area contributed by atoms with Crippen molar-refractivity contribution < 1.29 is 33.3 Å². The van der Waals surface area contributed by atoms with Crippen LogP contribution in [0.1, 0.15) is 65.2 Å². The molecule has 5 heterocycles. The molecule has 1 N–H and O–H groups in total. The highest BCUT2D eigenvalue weighted by atomic mass is 16.5. The number of amides is 2. The average Bonchev–Trinajstić information content (AvgIpc) is 3.76. The summed E-state index contributed by atoms with van der Waals surface area (Å²) in [5.74, 6) is 2.16. The third kappa shape index (κ3) is 7.54. The molecule has 0 saturated carbocycles. The lowest BCUT2D eigenvalue weighted by Crippen LogP contribution is -2.35. The Morgan fingerprint density at radius 3 is 1.67 bits per heavy atom. The van der Waals surface area contributed by atoms with Crippen molar-refractivity contribution >= 4 is 35.6 Å². The number of nitrogens with one attached hydrogen (secondary N) is 1. The number of carbonyl (C=O) groups is 2. The number of pyridine rings is 1. The van der Waals surface area contributed by atoms with Crippen molar-refractivity contribution in [1.29, 1.82) is 0 Å². The first-order valence-electron chi connectivity index (χ1n) is 18.3. The minimum atomic E-state index is -0.0866. The van der Waals surface area contributed by atoms with Gasteiger partial charge in [-0.3, -0.25) is 24.6 Å². The number of rotatable bonds is 13. The van der Waals surface area contributed by atoms with E-state index in [4.69, 9.17) is 38.7 Å². The monoisotopic (exact) mass is 734 g/mol. The second kappa shape index (κ2) is 16.1. The van der Waals surface area contributed by atoms with Gasteiger partial charge in [0, 0.05) is 49.8 Å². The van der Waals surface area contributed by atoms with Gasteiger partial charge in [0.1, 0.15) is 19.0 Å². The molecular formula is C41H46N6O7. The Labute approximate surface area is 315 Å². The van der Waals surface area contributed by atoms with Crippen LogP contribution in [0.25, 0.3) is 0 Å². The Bertz CT molecular complexity index is 1920. The number of benzene rings is 2. The molecule has 3 aromatic rings. The molecular weight excluding hydrogens is 688 g/mol. The Hall–Kier alpha value is -5.69. The molecule has 0 spiro atoms. The van der Waals surface area contributed by atoms with Gasteiger partial charge in [0.25, 0.3) is 11.8 Å². The van der Waals surface area contributed by atoms with Crippen LogP contribution in [0.3, 0.4) is 0 Å². The number of ether oxygens (including phenoxy) is 5. The zero-order chi connectivity index (χ0) is 37.8. The summed E-state index contributed by atoms with van der Waals surface area (Å²) in [6.45, 7) is 6.64. The summed E-state index contributed by atoms with van der Waals surface area (Å²) >= 11 is 0. The Balaban J connectivity index is 1.11. The first kappa shape index (κ1) is 36.7. The van der Waals surface area contributed by atoms with E-state index < -0.39 is 0 Å². The Kier molecular flexibility index (Phi) is 11.0. The summed E-state index contributed by atoms with van der Waals surface area (Å²) in [5, 5.41) is 3.14. The van der Waals surface area contributed by atoms with Crippen LogP contribution in [-0.4, -0.2) is 98.6 Å². The third-order valence-corrected chi connectivity index (χ3v) is 10.1. The third-order valence-electron chi connectivity index (χ3n) is 10.1. The van der Waals surface area contributed by atoms with Crippen molar-refractivity contribution in [3.63, 3.8) is 0 Å². The zero-order valence-electron chi connectivity index (χ0n) is 31.4. The fourth-order valence-corrected chi connectivity index (χ4v) is 7.12. The van der Waals surface area contributed by atoms with Gasteiger partial charge in [0.05, 0.1) is 66.8 Å². The molecule has 4 aliphatic rings. The quantitative estimate of drug-likeness (QED) is 0.166. The molecule has 2 aromatic carbocycles. The van der Waals surface area contributed by atoms with Crippen molar-refractivity contribution in [2.45, 2.75) is 58.4 Å². The molecule has 7 rings (SSSR count). The van der Waals surface area contributed by atoms with Crippen LogP contribution in [-0.2, 0) is 13.2 Å². The maximum absolute atomic E-state index is 13.6. The topological polar surface area (TPSA) is 136 Å². The number of aliphatic imine (C=N–C) groups is 2. The van der Waals surface area contributed by atoms with Gasteiger partial charge in [-0.1, -0.05) is 23.3 Å². The molecule has 0 radical (unpaired) electrons. The van der Waals surface area contributed by atoms with E-state index in [9.17, 15) is 9.59 Å². The molecule has 0 aliphatic carbocycles. The van der Waals surface area contributed by atoms with Gasteiger partial charge >= 0.3 is 0 Å². The number of aromatic nitrogens is 1. The van der Waals surface area contributed by atoms with Crippen molar-refractivity contribution in [2.75, 3.05) is 47.5 Å². The lowest BCUT2D eigenvalue weighted by atomic mass is 10.1. The van der Waals surface area contributed by atoms with Crippen LogP contribution in [0.4, 0.5) is 11.4 Å². The van der Waals surface area contributed by atoms with Crippen molar-refractivity contribution in [3.8, 4) is 28.7 Å². The van der Waals surface area contributed by atoms with Gasteiger partial charge in [0.15, 0.2) is 23.0 Å². The van der Waals surface area contributed by atoms with Crippen LogP contribution >= 0.6 is 0 Å². The van der Waals surface area contributed by atoms with E-state index in [-0.39, 0.29) is 37.1 Å². The van der Waals surface area contributed by atoms with Gasteiger partial charge in [-0.15, -0.1) is 0 Å². The van der Waals surface area contributed by atoms with E-state index in [0.717, 1.165) is 25.8 Å². The van der Waals surface area contributed by atoms with E-state index in [1.807, 2.05) is 55.3 Å². The molecule has 282 valence electrons. The predicted molar refractivity (Wildman–Crippen MR) is 206 cm³/mol. The predicted octanol–water partition coefficient (Wildman–Crippen LogP) is 6.00. The summed E-state index contributed by atoms with van der Waals surface area (Å²) in [4.78, 5) is 45.0. The highest BCUT2D eigenvalue weighted by Gasteiger charge is 2.36. The summed E-state index contributed by atoms with van der Waals surface area (Å²) in [7, 11) is 4.99. The van der Waals surface area contributed by atoms with Gasteiger partial charge in [-0.05, 0) is 58.8 Å². The highest BCUT2D eigenvalue weighted by Crippen LogP contribution is 2.41. The largest absolute Gasteiger partial charge is 0.493 e. The highest BCUT2D eigenvalue weighted by molar-refractivity contribution is 6.04. The van der Waals surface area contributed by atoms with Crippen LogP contribution in [0.5, 0.6) is 28.7 Å². The number of methoxy groups -OCH3 is 2. The molecule has 2 atom stereocenters. The number of hydrogen-bond donors (Lipinski definition) is 1. The molecule has 4 aliphatic heterocycles. The second-order valence-corrected chi connectivity index (χ2v) is 13.6. The Morgan fingerprint density at radius 2 is 1.22 bits per heavy atom. The maximum Gasteiger partial charge on any atom is 0.257 e. The first-order valence-corrected chi connectivity index (χ1v) is 18.3. The van der Waals surface area contributed by atoms with Crippen LogP contribution < -0.4 is 29.0 Å². The average molecular weight is 735 g/mol. The minimum absolute atomic E-state index is 0.0819. The maximum atomic E-state index is 13.6. The SMILES string of the molecule is C/C=C1\C[C@H]2C=Nc3cc(OCc4cc(OCCCNC)cc(COc5cc6c(cc5OC)C(=O)N5C/C(=C/C)C[C@H]5C=N6)n4)c(OC)cc3C(=O)N2C1. The lowest BCUT2D eigenvalue weighted by molar-refractivity contribution is 0.0769. The van der Waals surface area contributed by atoms with E-state index in [0.29, 0.717) is 82.3 Å². The smallest absolute Gasteiger partial charge is 0.257 e. The molecule has 2 amide bonds.